The van der Waals surface area contributed by atoms with E-state index in [0.29, 0.717) is 0 Å². The molecule has 1 aromatic rings. The number of aromatic amines is 1. The summed E-state index contributed by atoms with van der Waals surface area (Å²) in [6.07, 6.45) is -1.46. The van der Waals surface area contributed by atoms with E-state index in [0.717, 1.165) is 6.33 Å². The van der Waals surface area contributed by atoms with Crippen LogP contribution in [0.1, 0.15) is 6.92 Å². The van der Waals surface area contributed by atoms with Gasteiger partial charge in [0.15, 0.2) is 5.82 Å². The quantitative estimate of drug-likeness (QED) is 0.816. The highest BCUT2D eigenvalue weighted by Gasteiger charge is 2.16. The van der Waals surface area contributed by atoms with Gasteiger partial charge in [0.1, 0.15) is 5.02 Å². The van der Waals surface area contributed by atoms with Gasteiger partial charge in [0.05, 0.1) is 12.4 Å². The van der Waals surface area contributed by atoms with Crippen molar-refractivity contribution < 1.29 is 8.78 Å². The van der Waals surface area contributed by atoms with E-state index in [1.54, 1.807) is 0 Å². The topological polar surface area (TPSA) is 57.8 Å². The fraction of sp³-hybridized carbons (Fsp3) is 0.429. The maximum Gasteiger partial charge on any atom is 0.271 e. The summed E-state index contributed by atoms with van der Waals surface area (Å²) >= 11 is 5.53. The van der Waals surface area contributed by atoms with E-state index in [2.05, 4.69) is 15.3 Å². The van der Waals surface area contributed by atoms with Gasteiger partial charge in [-0.3, -0.25) is 4.79 Å². The Morgan fingerprint density at radius 2 is 2.29 bits per heavy atom. The molecule has 0 bridgehead atoms. The Labute approximate surface area is 83.3 Å². The van der Waals surface area contributed by atoms with Crippen molar-refractivity contribution in [1.29, 1.82) is 0 Å². The standard InChI is InChI=1S/C7H8ClF2N3O/c1-3(5(9)10)13-6-4(8)7(14)12-2-11-6/h2-3,5H,1H3,(H2,11,12,13,14). The maximum absolute atomic E-state index is 12.1. The number of rotatable bonds is 3. The molecule has 0 fully saturated rings. The third-order valence-electron chi connectivity index (χ3n) is 1.54. The molecule has 78 valence electrons. The Morgan fingerprint density at radius 3 is 2.86 bits per heavy atom. The van der Waals surface area contributed by atoms with Crippen LogP contribution in [0.15, 0.2) is 11.1 Å². The monoisotopic (exact) mass is 223 g/mol. The van der Waals surface area contributed by atoms with E-state index < -0.39 is 18.0 Å². The molecular formula is C7H8ClF2N3O. The minimum absolute atomic E-state index is 0.0387. The number of alkyl halides is 2. The number of halogens is 3. The molecule has 0 saturated carbocycles. The average Bonchev–Trinajstić information content (AvgIpc) is 2.12. The molecule has 1 unspecified atom stereocenters. The van der Waals surface area contributed by atoms with E-state index in [1.165, 1.54) is 6.92 Å². The van der Waals surface area contributed by atoms with Gasteiger partial charge in [-0.15, -0.1) is 0 Å². The molecule has 0 aliphatic rings. The second-order valence-electron chi connectivity index (χ2n) is 2.66. The smallest absolute Gasteiger partial charge is 0.271 e. The molecule has 2 N–H and O–H groups in total. The molecule has 0 spiro atoms. The predicted molar refractivity (Wildman–Crippen MR) is 49.0 cm³/mol. The van der Waals surface area contributed by atoms with Gasteiger partial charge in [0.2, 0.25) is 0 Å². The van der Waals surface area contributed by atoms with Crippen LogP contribution in [0.4, 0.5) is 14.6 Å². The summed E-state index contributed by atoms with van der Waals surface area (Å²) in [4.78, 5) is 16.8. The summed E-state index contributed by atoms with van der Waals surface area (Å²) in [5.74, 6) is -0.0387. The van der Waals surface area contributed by atoms with Crippen LogP contribution in [0.25, 0.3) is 0 Å². The molecular weight excluding hydrogens is 216 g/mol. The van der Waals surface area contributed by atoms with Crippen molar-refractivity contribution in [3.8, 4) is 0 Å². The summed E-state index contributed by atoms with van der Waals surface area (Å²) < 4.78 is 24.3. The van der Waals surface area contributed by atoms with Crippen LogP contribution in [-0.2, 0) is 0 Å². The van der Waals surface area contributed by atoms with Gasteiger partial charge in [-0.05, 0) is 6.92 Å². The summed E-state index contributed by atoms with van der Waals surface area (Å²) in [6.45, 7) is 1.27. The van der Waals surface area contributed by atoms with Crippen molar-refractivity contribution >= 4 is 17.4 Å². The lowest BCUT2D eigenvalue weighted by Crippen LogP contribution is -2.25. The minimum Gasteiger partial charge on any atom is -0.360 e. The molecule has 1 aromatic heterocycles. The molecule has 0 aliphatic heterocycles. The number of anilines is 1. The third-order valence-corrected chi connectivity index (χ3v) is 1.89. The van der Waals surface area contributed by atoms with Crippen molar-refractivity contribution in [1.82, 2.24) is 9.97 Å². The Hall–Kier alpha value is -1.17. The molecule has 1 atom stereocenters. The summed E-state index contributed by atoms with van der Waals surface area (Å²) in [7, 11) is 0. The third kappa shape index (κ3) is 2.41. The van der Waals surface area contributed by atoms with Crippen molar-refractivity contribution in [2.75, 3.05) is 5.32 Å². The number of nitrogens with zero attached hydrogens (tertiary/aromatic N) is 1. The first-order valence-corrected chi connectivity index (χ1v) is 4.18. The molecule has 0 aliphatic carbocycles. The lowest BCUT2D eigenvalue weighted by molar-refractivity contribution is 0.130. The van der Waals surface area contributed by atoms with E-state index in [4.69, 9.17) is 11.6 Å². The van der Waals surface area contributed by atoms with Gasteiger partial charge in [0.25, 0.3) is 12.0 Å². The minimum atomic E-state index is -2.55. The molecule has 1 heterocycles. The molecule has 14 heavy (non-hydrogen) atoms. The zero-order valence-electron chi connectivity index (χ0n) is 7.22. The Balaban J connectivity index is 2.87. The number of hydrogen-bond donors (Lipinski definition) is 2. The van der Waals surface area contributed by atoms with Crippen LogP contribution < -0.4 is 10.9 Å². The van der Waals surface area contributed by atoms with Gasteiger partial charge in [-0.2, -0.15) is 0 Å². The van der Waals surface area contributed by atoms with Crippen LogP contribution in [0.2, 0.25) is 5.02 Å². The molecule has 0 saturated heterocycles. The Bertz CT molecular complexity index is 368. The summed E-state index contributed by atoms with van der Waals surface area (Å²) in [6, 6.07) is -1.11. The zero-order chi connectivity index (χ0) is 10.7. The fourth-order valence-electron chi connectivity index (χ4n) is 0.762. The van der Waals surface area contributed by atoms with Gasteiger partial charge < -0.3 is 10.3 Å². The highest BCUT2D eigenvalue weighted by atomic mass is 35.5. The van der Waals surface area contributed by atoms with Crippen LogP contribution in [0.3, 0.4) is 0 Å². The van der Waals surface area contributed by atoms with Gasteiger partial charge in [-0.25, -0.2) is 13.8 Å². The Morgan fingerprint density at radius 1 is 1.64 bits per heavy atom. The first-order valence-electron chi connectivity index (χ1n) is 3.80. The highest BCUT2D eigenvalue weighted by molar-refractivity contribution is 6.32. The van der Waals surface area contributed by atoms with Crippen LogP contribution >= 0.6 is 11.6 Å². The molecule has 7 heteroatoms. The van der Waals surface area contributed by atoms with Crippen molar-refractivity contribution in [3.63, 3.8) is 0 Å². The Kier molecular flexibility index (Phi) is 3.40. The second kappa shape index (κ2) is 4.36. The fourth-order valence-corrected chi connectivity index (χ4v) is 0.920. The maximum atomic E-state index is 12.1. The van der Waals surface area contributed by atoms with Crippen LogP contribution in [0.5, 0.6) is 0 Å². The van der Waals surface area contributed by atoms with E-state index in [9.17, 15) is 13.6 Å². The van der Waals surface area contributed by atoms with Crippen molar-refractivity contribution in [2.45, 2.75) is 19.4 Å². The predicted octanol–water partition coefficient (Wildman–Crippen LogP) is 1.49. The van der Waals surface area contributed by atoms with E-state index in [1.807, 2.05) is 0 Å². The second-order valence-corrected chi connectivity index (χ2v) is 3.04. The van der Waals surface area contributed by atoms with Gasteiger partial charge >= 0.3 is 0 Å². The van der Waals surface area contributed by atoms with Gasteiger partial charge in [0, 0.05) is 0 Å². The molecule has 1 rings (SSSR count). The number of nitrogens with one attached hydrogen (secondary N) is 2. The van der Waals surface area contributed by atoms with Crippen LogP contribution in [-0.4, -0.2) is 22.4 Å². The van der Waals surface area contributed by atoms with Crippen molar-refractivity contribution in [2.24, 2.45) is 0 Å². The molecule has 0 aromatic carbocycles. The zero-order valence-corrected chi connectivity index (χ0v) is 7.98. The number of aromatic nitrogens is 2. The lowest BCUT2D eigenvalue weighted by Gasteiger charge is -2.13. The first-order chi connectivity index (χ1) is 6.52. The summed E-state index contributed by atoms with van der Waals surface area (Å²) in [5.41, 5.74) is -0.564. The molecule has 0 radical (unpaired) electrons. The van der Waals surface area contributed by atoms with Gasteiger partial charge in [-0.1, -0.05) is 11.6 Å². The first kappa shape index (κ1) is 10.9. The molecule has 0 amide bonds. The normalized spacial score (nSPS) is 12.9. The number of hydrogen-bond acceptors (Lipinski definition) is 3. The van der Waals surface area contributed by atoms with E-state index in [-0.39, 0.29) is 10.8 Å². The largest absolute Gasteiger partial charge is 0.360 e. The lowest BCUT2D eigenvalue weighted by atomic mass is 10.3. The van der Waals surface area contributed by atoms with Crippen LogP contribution in [0, 0.1) is 0 Å². The SMILES string of the molecule is CC(Nc1nc[nH]c(=O)c1Cl)C(F)F. The van der Waals surface area contributed by atoms with Crippen molar-refractivity contribution in [3.05, 3.63) is 21.7 Å². The average molecular weight is 224 g/mol. The number of H-pyrrole nitrogens is 1. The summed E-state index contributed by atoms with van der Waals surface area (Å²) in [5, 5.41) is 2.12. The highest BCUT2D eigenvalue weighted by Crippen LogP contribution is 2.15. The molecule has 4 nitrogen and oxygen atoms in total. The van der Waals surface area contributed by atoms with E-state index >= 15 is 0 Å².